The highest BCUT2D eigenvalue weighted by molar-refractivity contribution is 5.94. The number of nitrogens with zero attached hydrogens (tertiary/aromatic N) is 1. The molecule has 0 spiro atoms. The average Bonchev–Trinajstić information content (AvgIpc) is 2.80. The van der Waals surface area contributed by atoms with Gasteiger partial charge in [0.05, 0.1) is 0 Å². The van der Waals surface area contributed by atoms with Crippen LogP contribution in [0, 0.1) is 20.8 Å². The van der Waals surface area contributed by atoms with E-state index in [1.807, 2.05) is 80.3 Å². The summed E-state index contributed by atoms with van der Waals surface area (Å²) in [5, 5.41) is 2.92. The van der Waals surface area contributed by atoms with E-state index in [2.05, 4.69) is 11.4 Å². The van der Waals surface area contributed by atoms with Crippen LogP contribution in [-0.2, 0) is 17.8 Å². The molecule has 164 valence electrons. The number of anilines is 1. The number of ether oxygens (including phenoxy) is 1. The van der Waals surface area contributed by atoms with Crippen molar-refractivity contribution in [1.82, 2.24) is 4.90 Å². The van der Waals surface area contributed by atoms with Crippen LogP contribution in [0.4, 0.5) is 5.69 Å². The Bertz CT molecular complexity index is 1160. The third-order valence-corrected chi connectivity index (χ3v) is 5.93. The maximum absolute atomic E-state index is 12.8. The lowest BCUT2D eigenvalue weighted by atomic mass is 9.98. The van der Waals surface area contributed by atoms with Crippen molar-refractivity contribution in [2.24, 2.45) is 0 Å². The fraction of sp³-hybridized carbons (Fsp3) is 0.259. The first-order chi connectivity index (χ1) is 15.4. The molecule has 0 saturated heterocycles. The number of hydrogen-bond acceptors (Lipinski definition) is 3. The molecule has 0 saturated carbocycles. The molecule has 0 bridgehead atoms. The van der Waals surface area contributed by atoms with E-state index in [4.69, 9.17) is 4.74 Å². The lowest BCUT2D eigenvalue weighted by Crippen LogP contribution is -2.36. The van der Waals surface area contributed by atoms with Gasteiger partial charge in [0.15, 0.2) is 6.61 Å². The van der Waals surface area contributed by atoms with Crippen molar-refractivity contribution < 1.29 is 14.3 Å². The number of nitrogens with one attached hydrogen (secondary N) is 1. The summed E-state index contributed by atoms with van der Waals surface area (Å²) < 4.78 is 5.78. The number of carbonyl (C=O) groups excluding carboxylic acids is 2. The van der Waals surface area contributed by atoms with Gasteiger partial charge in [-0.3, -0.25) is 9.59 Å². The van der Waals surface area contributed by atoms with Crippen molar-refractivity contribution in [2.45, 2.75) is 33.7 Å². The quantitative estimate of drug-likeness (QED) is 0.633. The van der Waals surface area contributed by atoms with Crippen LogP contribution in [0.15, 0.2) is 60.7 Å². The minimum Gasteiger partial charge on any atom is -0.483 e. The maximum atomic E-state index is 12.8. The molecule has 5 heteroatoms. The lowest BCUT2D eigenvalue weighted by molar-refractivity contribution is -0.118. The van der Waals surface area contributed by atoms with Gasteiger partial charge < -0.3 is 15.0 Å². The Hall–Kier alpha value is -3.60. The normalized spacial score (nSPS) is 12.8. The van der Waals surface area contributed by atoms with Gasteiger partial charge in [-0.1, -0.05) is 30.3 Å². The summed E-state index contributed by atoms with van der Waals surface area (Å²) in [6.07, 6.45) is 0.803. The molecule has 0 aliphatic carbocycles. The molecule has 4 rings (SSSR count). The van der Waals surface area contributed by atoms with Crippen LogP contribution >= 0.6 is 0 Å². The topological polar surface area (TPSA) is 58.6 Å². The Morgan fingerprint density at radius 1 is 0.969 bits per heavy atom. The van der Waals surface area contributed by atoms with Gasteiger partial charge in [-0.2, -0.15) is 0 Å². The van der Waals surface area contributed by atoms with Crippen LogP contribution < -0.4 is 10.1 Å². The molecule has 5 nitrogen and oxygen atoms in total. The first kappa shape index (κ1) is 21.6. The summed E-state index contributed by atoms with van der Waals surface area (Å²) in [5.74, 6) is 0.553. The Balaban J connectivity index is 1.40. The molecule has 0 aromatic heterocycles. The van der Waals surface area contributed by atoms with Gasteiger partial charge in [0.1, 0.15) is 5.75 Å². The van der Waals surface area contributed by atoms with E-state index in [-0.39, 0.29) is 18.4 Å². The number of amides is 2. The van der Waals surface area contributed by atoms with E-state index in [9.17, 15) is 9.59 Å². The van der Waals surface area contributed by atoms with E-state index < -0.39 is 0 Å². The zero-order valence-corrected chi connectivity index (χ0v) is 18.8. The van der Waals surface area contributed by atoms with Gasteiger partial charge in [-0.25, -0.2) is 0 Å². The summed E-state index contributed by atoms with van der Waals surface area (Å²) in [6, 6.07) is 19.3. The van der Waals surface area contributed by atoms with Gasteiger partial charge in [-0.05, 0) is 85.3 Å². The minimum atomic E-state index is -0.212. The van der Waals surface area contributed by atoms with Crippen LogP contribution in [-0.4, -0.2) is 29.9 Å². The van der Waals surface area contributed by atoms with Crippen molar-refractivity contribution in [3.63, 3.8) is 0 Å². The molecule has 0 atom stereocenters. The number of benzene rings is 3. The van der Waals surface area contributed by atoms with Gasteiger partial charge in [0.25, 0.3) is 11.8 Å². The molecule has 1 aliphatic heterocycles. The summed E-state index contributed by atoms with van der Waals surface area (Å²) in [7, 11) is 0. The molecular formula is C27H28N2O3. The summed E-state index contributed by atoms with van der Waals surface area (Å²) in [4.78, 5) is 27.2. The van der Waals surface area contributed by atoms with Gasteiger partial charge in [0, 0.05) is 24.3 Å². The summed E-state index contributed by atoms with van der Waals surface area (Å²) in [6.45, 7) is 7.21. The van der Waals surface area contributed by atoms with E-state index in [0.717, 1.165) is 34.4 Å². The molecule has 3 aromatic rings. The predicted octanol–water partition coefficient (Wildman–Crippen LogP) is 4.83. The largest absolute Gasteiger partial charge is 0.483 e. The second-order valence-corrected chi connectivity index (χ2v) is 8.37. The van der Waals surface area contributed by atoms with Crippen molar-refractivity contribution in [3.8, 4) is 5.75 Å². The predicted molar refractivity (Wildman–Crippen MR) is 126 cm³/mol. The molecule has 1 aliphatic rings. The van der Waals surface area contributed by atoms with Crippen molar-refractivity contribution in [2.75, 3.05) is 18.5 Å². The fourth-order valence-corrected chi connectivity index (χ4v) is 4.06. The third-order valence-electron chi connectivity index (χ3n) is 5.93. The first-order valence-electron chi connectivity index (χ1n) is 10.9. The Labute approximate surface area is 189 Å². The van der Waals surface area contributed by atoms with Crippen LogP contribution in [0.1, 0.15) is 38.2 Å². The highest BCUT2D eigenvalue weighted by atomic mass is 16.5. The van der Waals surface area contributed by atoms with E-state index in [1.54, 1.807) is 0 Å². The summed E-state index contributed by atoms with van der Waals surface area (Å²) in [5.41, 5.74) is 6.97. The molecule has 0 fully saturated rings. The number of aryl methyl sites for hydroxylation is 2. The number of fused-ring (bicyclic) bond motifs is 1. The van der Waals surface area contributed by atoms with Gasteiger partial charge in [-0.15, -0.1) is 0 Å². The van der Waals surface area contributed by atoms with Crippen LogP contribution in [0.2, 0.25) is 0 Å². The molecule has 0 radical (unpaired) electrons. The Morgan fingerprint density at radius 3 is 2.53 bits per heavy atom. The van der Waals surface area contributed by atoms with Crippen LogP contribution in [0.25, 0.3) is 0 Å². The SMILES string of the molecule is Cc1cc(C)c(C)c(OCC(=O)Nc2ccc3c(c2)CN(C(=O)c2ccccc2)CC3)c1. The first-order valence-corrected chi connectivity index (χ1v) is 10.9. The molecule has 32 heavy (non-hydrogen) atoms. The minimum absolute atomic E-state index is 0.0305. The van der Waals surface area contributed by atoms with E-state index in [1.165, 1.54) is 5.56 Å². The molecular weight excluding hydrogens is 400 g/mol. The van der Waals surface area contributed by atoms with Gasteiger partial charge >= 0.3 is 0 Å². The smallest absolute Gasteiger partial charge is 0.262 e. The van der Waals surface area contributed by atoms with E-state index in [0.29, 0.717) is 24.3 Å². The molecule has 2 amide bonds. The zero-order valence-electron chi connectivity index (χ0n) is 18.8. The van der Waals surface area contributed by atoms with Crippen LogP contribution in [0.3, 0.4) is 0 Å². The fourth-order valence-electron chi connectivity index (χ4n) is 4.06. The number of rotatable bonds is 5. The lowest BCUT2D eigenvalue weighted by Gasteiger charge is -2.29. The van der Waals surface area contributed by atoms with Crippen molar-refractivity contribution >= 4 is 17.5 Å². The van der Waals surface area contributed by atoms with Crippen LogP contribution in [0.5, 0.6) is 5.75 Å². The Morgan fingerprint density at radius 2 is 1.75 bits per heavy atom. The molecule has 1 heterocycles. The maximum Gasteiger partial charge on any atom is 0.262 e. The summed E-state index contributed by atoms with van der Waals surface area (Å²) >= 11 is 0. The Kier molecular flexibility index (Phi) is 6.26. The van der Waals surface area contributed by atoms with Gasteiger partial charge in [0.2, 0.25) is 0 Å². The monoisotopic (exact) mass is 428 g/mol. The number of carbonyl (C=O) groups is 2. The average molecular weight is 429 g/mol. The molecule has 3 aromatic carbocycles. The van der Waals surface area contributed by atoms with E-state index >= 15 is 0 Å². The zero-order chi connectivity index (χ0) is 22.7. The second-order valence-electron chi connectivity index (χ2n) is 8.37. The van der Waals surface area contributed by atoms with Crippen molar-refractivity contribution in [1.29, 1.82) is 0 Å². The standard InChI is InChI=1S/C27H28N2O3/c1-18-13-19(2)20(3)25(14-18)32-17-26(30)28-24-10-9-21-11-12-29(16-23(21)15-24)27(31)22-7-5-4-6-8-22/h4-10,13-15H,11-12,16-17H2,1-3H3,(H,28,30). The number of hydrogen-bond donors (Lipinski definition) is 1. The van der Waals surface area contributed by atoms with Crippen molar-refractivity contribution in [3.05, 3.63) is 94.0 Å². The molecule has 0 unspecified atom stereocenters. The second kappa shape index (κ2) is 9.27. The molecule has 1 N–H and O–H groups in total. The highest BCUT2D eigenvalue weighted by Gasteiger charge is 2.22. The third kappa shape index (κ3) is 4.83. The highest BCUT2D eigenvalue weighted by Crippen LogP contribution is 2.25.